The van der Waals surface area contributed by atoms with Gasteiger partial charge in [-0.15, -0.1) is 0 Å². The smallest absolute Gasteiger partial charge is 0.311 e. The summed E-state index contributed by atoms with van der Waals surface area (Å²) in [5, 5.41) is 9.41. The summed E-state index contributed by atoms with van der Waals surface area (Å²) in [5.74, 6) is -0.981. The number of carboxylic acid groups (broad SMARTS) is 1. The molecule has 5 heteroatoms. The van der Waals surface area contributed by atoms with E-state index in [2.05, 4.69) is 4.98 Å². The summed E-state index contributed by atoms with van der Waals surface area (Å²) in [7, 11) is 0. The molecule has 1 aliphatic rings. The monoisotopic (exact) mass is 262 g/mol. The summed E-state index contributed by atoms with van der Waals surface area (Å²) in [6, 6.07) is 5.16. The molecule has 2 rings (SSSR count). The van der Waals surface area contributed by atoms with Crippen molar-refractivity contribution in [1.29, 1.82) is 0 Å². The standard InChI is InChI=1S/C14H18N2O3/c1-2-6-14(13(18)19)7-9-16(10-14)12(17)11-5-3-4-8-15-11/h3-5,8H,2,6-7,9-10H2,1H3,(H,18,19). The highest BCUT2D eigenvalue weighted by molar-refractivity contribution is 5.93. The Morgan fingerprint density at radius 1 is 1.47 bits per heavy atom. The van der Waals surface area contributed by atoms with Crippen LogP contribution in [0.4, 0.5) is 0 Å². The number of rotatable bonds is 4. The number of hydrogen-bond acceptors (Lipinski definition) is 3. The van der Waals surface area contributed by atoms with Crippen LogP contribution in [-0.4, -0.2) is 40.0 Å². The summed E-state index contributed by atoms with van der Waals surface area (Å²) in [5.41, 5.74) is -0.403. The molecule has 1 saturated heterocycles. The maximum atomic E-state index is 12.2. The summed E-state index contributed by atoms with van der Waals surface area (Å²) < 4.78 is 0. The lowest BCUT2D eigenvalue weighted by molar-refractivity contribution is -0.148. The Bertz CT molecular complexity index is 475. The molecule has 0 spiro atoms. The molecule has 0 saturated carbocycles. The van der Waals surface area contributed by atoms with E-state index in [1.54, 1.807) is 29.3 Å². The highest BCUT2D eigenvalue weighted by Gasteiger charge is 2.45. The van der Waals surface area contributed by atoms with E-state index < -0.39 is 11.4 Å². The fourth-order valence-corrected chi connectivity index (χ4v) is 2.66. The second kappa shape index (κ2) is 5.38. The highest BCUT2D eigenvalue weighted by Crippen LogP contribution is 2.36. The molecule has 1 atom stereocenters. The summed E-state index contributed by atoms with van der Waals surface area (Å²) in [6.07, 6.45) is 3.50. The van der Waals surface area contributed by atoms with Crippen molar-refractivity contribution < 1.29 is 14.7 Å². The Labute approximate surface area is 112 Å². The molecule has 102 valence electrons. The van der Waals surface area contributed by atoms with Crippen molar-refractivity contribution in [2.24, 2.45) is 5.41 Å². The largest absolute Gasteiger partial charge is 0.481 e. The van der Waals surface area contributed by atoms with Crippen LogP contribution >= 0.6 is 0 Å². The van der Waals surface area contributed by atoms with Crippen molar-refractivity contribution >= 4 is 11.9 Å². The van der Waals surface area contributed by atoms with Gasteiger partial charge in [-0.05, 0) is 25.0 Å². The van der Waals surface area contributed by atoms with E-state index in [0.29, 0.717) is 25.1 Å². The van der Waals surface area contributed by atoms with Gasteiger partial charge in [0.2, 0.25) is 0 Å². The molecule has 0 aliphatic carbocycles. The predicted molar refractivity (Wildman–Crippen MR) is 69.7 cm³/mol. The number of pyridine rings is 1. The molecular formula is C14H18N2O3. The molecule has 5 nitrogen and oxygen atoms in total. The second-order valence-electron chi connectivity index (χ2n) is 5.03. The van der Waals surface area contributed by atoms with Gasteiger partial charge in [-0.3, -0.25) is 14.6 Å². The van der Waals surface area contributed by atoms with Gasteiger partial charge in [0.1, 0.15) is 5.69 Å². The van der Waals surface area contributed by atoms with Crippen LogP contribution in [0.25, 0.3) is 0 Å². The van der Waals surface area contributed by atoms with Gasteiger partial charge in [0, 0.05) is 19.3 Å². The SMILES string of the molecule is CCCC1(C(=O)O)CCN(C(=O)c2ccccn2)C1. The molecule has 1 aromatic rings. The van der Waals surface area contributed by atoms with Crippen molar-refractivity contribution in [3.05, 3.63) is 30.1 Å². The Morgan fingerprint density at radius 3 is 2.84 bits per heavy atom. The first-order chi connectivity index (χ1) is 9.09. The summed E-state index contributed by atoms with van der Waals surface area (Å²) in [4.78, 5) is 29.3. The van der Waals surface area contributed by atoms with Gasteiger partial charge < -0.3 is 10.0 Å². The Kier molecular flexibility index (Phi) is 3.83. The number of likely N-dealkylation sites (tertiary alicyclic amines) is 1. The molecule has 1 aromatic heterocycles. The van der Waals surface area contributed by atoms with Crippen molar-refractivity contribution in [2.75, 3.05) is 13.1 Å². The van der Waals surface area contributed by atoms with Crippen LogP contribution in [0.3, 0.4) is 0 Å². The van der Waals surface area contributed by atoms with Crippen LogP contribution in [0.2, 0.25) is 0 Å². The molecule has 1 unspecified atom stereocenters. The van der Waals surface area contributed by atoms with Crippen LogP contribution in [0.5, 0.6) is 0 Å². The molecule has 2 heterocycles. The van der Waals surface area contributed by atoms with Gasteiger partial charge in [0.25, 0.3) is 5.91 Å². The van der Waals surface area contributed by atoms with Crippen molar-refractivity contribution in [3.63, 3.8) is 0 Å². The van der Waals surface area contributed by atoms with E-state index in [1.807, 2.05) is 6.92 Å². The first-order valence-corrected chi connectivity index (χ1v) is 6.53. The lowest BCUT2D eigenvalue weighted by Gasteiger charge is -2.24. The lowest BCUT2D eigenvalue weighted by Crippen LogP contribution is -2.37. The zero-order valence-electron chi connectivity index (χ0n) is 11.0. The van der Waals surface area contributed by atoms with E-state index in [0.717, 1.165) is 6.42 Å². The van der Waals surface area contributed by atoms with Gasteiger partial charge in [-0.2, -0.15) is 0 Å². The Balaban J connectivity index is 2.13. The molecule has 1 amide bonds. The maximum Gasteiger partial charge on any atom is 0.311 e. The van der Waals surface area contributed by atoms with E-state index in [-0.39, 0.29) is 12.5 Å². The van der Waals surface area contributed by atoms with Gasteiger partial charge in [-0.1, -0.05) is 19.4 Å². The number of carboxylic acids is 1. The third-order valence-electron chi connectivity index (χ3n) is 3.71. The van der Waals surface area contributed by atoms with Crippen LogP contribution in [0.15, 0.2) is 24.4 Å². The summed E-state index contributed by atoms with van der Waals surface area (Å²) >= 11 is 0. The molecule has 0 bridgehead atoms. The molecule has 1 fully saturated rings. The van der Waals surface area contributed by atoms with E-state index >= 15 is 0 Å². The van der Waals surface area contributed by atoms with E-state index in [9.17, 15) is 14.7 Å². The fourth-order valence-electron chi connectivity index (χ4n) is 2.66. The van der Waals surface area contributed by atoms with Gasteiger partial charge in [0.05, 0.1) is 5.41 Å². The number of hydrogen-bond donors (Lipinski definition) is 1. The van der Waals surface area contributed by atoms with Crippen molar-refractivity contribution in [2.45, 2.75) is 26.2 Å². The number of aromatic nitrogens is 1. The van der Waals surface area contributed by atoms with E-state index in [4.69, 9.17) is 0 Å². The number of carbonyl (C=O) groups is 2. The third-order valence-corrected chi connectivity index (χ3v) is 3.71. The minimum Gasteiger partial charge on any atom is -0.481 e. The average Bonchev–Trinajstić information content (AvgIpc) is 2.85. The van der Waals surface area contributed by atoms with Crippen LogP contribution in [0, 0.1) is 5.41 Å². The normalized spacial score (nSPS) is 22.5. The van der Waals surface area contributed by atoms with Crippen LogP contribution in [-0.2, 0) is 4.79 Å². The van der Waals surface area contributed by atoms with Crippen molar-refractivity contribution in [3.8, 4) is 0 Å². The molecule has 1 aliphatic heterocycles. The van der Waals surface area contributed by atoms with Gasteiger partial charge in [-0.25, -0.2) is 0 Å². The fraction of sp³-hybridized carbons (Fsp3) is 0.500. The Morgan fingerprint density at radius 2 is 2.26 bits per heavy atom. The highest BCUT2D eigenvalue weighted by atomic mass is 16.4. The van der Waals surface area contributed by atoms with Crippen molar-refractivity contribution in [1.82, 2.24) is 9.88 Å². The minimum absolute atomic E-state index is 0.181. The summed E-state index contributed by atoms with van der Waals surface area (Å²) in [6.45, 7) is 2.74. The lowest BCUT2D eigenvalue weighted by atomic mass is 9.83. The number of aliphatic carboxylic acids is 1. The Hall–Kier alpha value is -1.91. The quantitative estimate of drug-likeness (QED) is 0.898. The number of nitrogens with zero attached hydrogens (tertiary/aromatic N) is 2. The molecular weight excluding hydrogens is 244 g/mol. The maximum absolute atomic E-state index is 12.2. The van der Waals surface area contributed by atoms with Gasteiger partial charge in [0.15, 0.2) is 0 Å². The predicted octanol–water partition coefficient (Wildman–Crippen LogP) is 1.80. The molecule has 1 N–H and O–H groups in total. The zero-order chi connectivity index (χ0) is 13.9. The van der Waals surface area contributed by atoms with Crippen LogP contribution < -0.4 is 0 Å². The average molecular weight is 262 g/mol. The molecule has 0 aromatic carbocycles. The van der Waals surface area contributed by atoms with Crippen LogP contribution in [0.1, 0.15) is 36.7 Å². The minimum atomic E-state index is -0.800. The zero-order valence-corrected chi connectivity index (χ0v) is 11.0. The second-order valence-corrected chi connectivity index (χ2v) is 5.03. The van der Waals surface area contributed by atoms with Gasteiger partial charge >= 0.3 is 5.97 Å². The third kappa shape index (κ3) is 2.59. The number of carbonyl (C=O) groups excluding carboxylic acids is 1. The number of amides is 1. The molecule has 19 heavy (non-hydrogen) atoms. The topological polar surface area (TPSA) is 70.5 Å². The first-order valence-electron chi connectivity index (χ1n) is 6.53. The first kappa shape index (κ1) is 13.5. The molecule has 0 radical (unpaired) electrons. The van der Waals surface area contributed by atoms with E-state index in [1.165, 1.54) is 0 Å².